The van der Waals surface area contributed by atoms with E-state index in [1.807, 2.05) is 28.8 Å². The van der Waals surface area contributed by atoms with E-state index in [2.05, 4.69) is 58.5 Å². The van der Waals surface area contributed by atoms with Crippen LogP contribution in [0.1, 0.15) is 26.6 Å². The number of nitrogens with zero attached hydrogens (tertiary/aromatic N) is 5. The molecule has 2 aromatic heterocycles. The number of hydrogen-bond donors (Lipinski definition) is 2. The molecule has 0 amide bonds. The van der Waals surface area contributed by atoms with E-state index in [0.29, 0.717) is 12.6 Å². The monoisotopic (exact) mass is 445 g/mol. The van der Waals surface area contributed by atoms with Crippen LogP contribution in [0.15, 0.2) is 29.4 Å². The molecule has 0 atom stereocenters. The Morgan fingerprint density at radius 1 is 1.29 bits per heavy atom. The third kappa shape index (κ3) is 5.90. The van der Waals surface area contributed by atoms with Gasteiger partial charge in [-0.3, -0.25) is 4.40 Å². The van der Waals surface area contributed by atoms with Crippen molar-refractivity contribution < 1.29 is 0 Å². The lowest BCUT2D eigenvalue weighted by molar-refractivity contribution is 0.278. The Morgan fingerprint density at radius 2 is 2.08 bits per heavy atom. The molecule has 0 unspecified atom stereocenters. The summed E-state index contributed by atoms with van der Waals surface area (Å²) in [6.07, 6.45) is 1.96. The first-order chi connectivity index (χ1) is 11.1. The van der Waals surface area contributed by atoms with E-state index >= 15 is 0 Å². The van der Waals surface area contributed by atoms with Gasteiger partial charge in [-0.1, -0.05) is 6.07 Å². The average Bonchev–Trinajstić information content (AvgIpc) is 2.95. The standard InChI is InChI=1S/C16H27N7.HI/c1-5-17-16(18-9-11-22(4)13(2)3)19-12-15-21-20-14-8-6-7-10-23(14)15;/h6-8,10,13H,5,9,11-12H2,1-4H3,(H2,17,18,19);1H. The molecule has 2 heterocycles. The van der Waals surface area contributed by atoms with Crippen molar-refractivity contribution in [3.05, 3.63) is 30.2 Å². The number of fused-ring (bicyclic) bond motifs is 1. The van der Waals surface area contributed by atoms with Crippen LogP contribution >= 0.6 is 24.0 Å². The van der Waals surface area contributed by atoms with Crippen LogP contribution in [0.5, 0.6) is 0 Å². The number of nitrogens with one attached hydrogen (secondary N) is 2. The summed E-state index contributed by atoms with van der Waals surface area (Å²) in [6, 6.07) is 6.40. The summed E-state index contributed by atoms with van der Waals surface area (Å²) in [5, 5.41) is 15.0. The normalized spacial score (nSPS) is 11.8. The second-order valence-electron chi connectivity index (χ2n) is 5.74. The first-order valence-corrected chi connectivity index (χ1v) is 8.13. The van der Waals surface area contributed by atoms with Crippen LogP contribution in [0.4, 0.5) is 0 Å². The summed E-state index contributed by atoms with van der Waals surface area (Å²) >= 11 is 0. The second-order valence-corrected chi connectivity index (χ2v) is 5.74. The van der Waals surface area contributed by atoms with Crippen molar-refractivity contribution in [1.29, 1.82) is 0 Å². The summed E-state index contributed by atoms with van der Waals surface area (Å²) in [5.41, 5.74) is 0.842. The molecule has 2 N–H and O–H groups in total. The van der Waals surface area contributed by atoms with E-state index in [1.165, 1.54) is 0 Å². The van der Waals surface area contributed by atoms with Gasteiger partial charge in [-0.25, -0.2) is 4.99 Å². The van der Waals surface area contributed by atoms with Crippen LogP contribution in [0.25, 0.3) is 5.65 Å². The van der Waals surface area contributed by atoms with Crippen molar-refractivity contribution in [2.45, 2.75) is 33.4 Å². The molecule has 0 aliphatic rings. The maximum Gasteiger partial charge on any atom is 0.191 e. The van der Waals surface area contributed by atoms with Gasteiger partial charge in [0.05, 0.1) is 0 Å². The van der Waals surface area contributed by atoms with Crippen LogP contribution < -0.4 is 10.6 Å². The maximum atomic E-state index is 4.60. The molecular formula is C16H28IN7. The van der Waals surface area contributed by atoms with Crippen molar-refractivity contribution >= 4 is 35.6 Å². The highest BCUT2D eigenvalue weighted by atomic mass is 127. The van der Waals surface area contributed by atoms with Crippen LogP contribution in [0, 0.1) is 0 Å². The SMILES string of the molecule is CCNC(=NCc1nnc2ccccn12)NCCN(C)C(C)C.I. The van der Waals surface area contributed by atoms with Crippen molar-refractivity contribution in [2.24, 2.45) is 4.99 Å². The smallest absolute Gasteiger partial charge is 0.191 e. The van der Waals surface area contributed by atoms with Crippen LogP contribution in [0.3, 0.4) is 0 Å². The third-order valence-corrected chi connectivity index (χ3v) is 3.75. The Hall–Kier alpha value is -1.42. The highest BCUT2D eigenvalue weighted by Gasteiger charge is 2.06. The lowest BCUT2D eigenvalue weighted by Crippen LogP contribution is -2.42. The zero-order valence-electron chi connectivity index (χ0n) is 14.9. The van der Waals surface area contributed by atoms with Gasteiger partial charge in [-0.05, 0) is 40.0 Å². The molecule has 2 rings (SSSR count). The highest BCUT2D eigenvalue weighted by Crippen LogP contribution is 2.03. The molecule has 0 radical (unpaired) electrons. The quantitative estimate of drug-likeness (QED) is 0.386. The minimum absolute atomic E-state index is 0. The number of pyridine rings is 1. The first kappa shape index (κ1) is 20.6. The van der Waals surface area contributed by atoms with E-state index < -0.39 is 0 Å². The predicted molar refractivity (Wildman–Crippen MR) is 109 cm³/mol. The van der Waals surface area contributed by atoms with Gasteiger partial charge in [-0.15, -0.1) is 34.2 Å². The highest BCUT2D eigenvalue weighted by molar-refractivity contribution is 14.0. The third-order valence-electron chi connectivity index (χ3n) is 3.75. The van der Waals surface area contributed by atoms with Gasteiger partial charge in [0.1, 0.15) is 6.54 Å². The molecule has 0 saturated carbocycles. The summed E-state index contributed by atoms with van der Waals surface area (Å²) < 4.78 is 1.96. The Morgan fingerprint density at radius 3 is 2.79 bits per heavy atom. The minimum atomic E-state index is 0. The molecule has 0 fully saturated rings. The minimum Gasteiger partial charge on any atom is -0.357 e. The second kappa shape index (κ2) is 10.4. The van der Waals surface area contributed by atoms with Crippen LogP contribution in [-0.4, -0.2) is 58.2 Å². The van der Waals surface area contributed by atoms with Gasteiger partial charge in [0.2, 0.25) is 0 Å². The molecule has 7 nitrogen and oxygen atoms in total. The van der Waals surface area contributed by atoms with E-state index in [0.717, 1.165) is 37.1 Å². The van der Waals surface area contributed by atoms with E-state index in [1.54, 1.807) is 0 Å². The Balaban J connectivity index is 0.00000288. The van der Waals surface area contributed by atoms with Gasteiger partial charge in [0.15, 0.2) is 17.4 Å². The fraction of sp³-hybridized carbons (Fsp3) is 0.562. The van der Waals surface area contributed by atoms with Gasteiger partial charge >= 0.3 is 0 Å². The Bertz CT molecular complexity index is 638. The lowest BCUT2D eigenvalue weighted by atomic mass is 10.3. The van der Waals surface area contributed by atoms with E-state index in [-0.39, 0.29) is 24.0 Å². The maximum absolute atomic E-state index is 4.60. The number of guanidine groups is 1. The zero-order chi connectivity index (χ0) is 16.7. The fourth-order valence-corrected chi connectivity index (χ4v) is 2.10. The number of aliphatic imine (C=N–C) groups is 1. The lowest BCUT2D eigenvalue weighted by Gasteiger charge is -2.21. The molecule has 24 heavy (non-hydrogen) atoms. The number of halogens is 1. The largest absolute Gasteiger partial charge is 0.357 e. The molecule has 0 aliphatic carbocycles. The number of hydrogen-bond acceptors (Lipinski definition) is 4. The molecule has 0 aromatic carbocycles. The Labute approximate surface area is 161 Å². The van der Waals surface area contributed by atoms with Crippen molar-refractivity contribution in [3.8, 4) is 0 Å². The van der Waals surface area contributed by atoms with E-state index in [4.69, 9.17) is 0 Å². The van der Waals surface area contributed by atoms with Crippen molar-refractivity contribution in [2.75, 3.05) is 26.7 Å². The summed E-state index contributed by atoms with van der Waals surface area (Å²) in [7, 11) is 2.12. The van der Waals surface area contributed by atoms with Gasteiger partial charge in [-0.2, -0.15) is 0 Å². The van der Waals surface area contributed by atoms with Gasteiger partial charge in [0, 0.05) is 31.9 Å². The fourth-order valence-electron chi connectivity index (χ4n) is 2.10. The summed E-state index contributed by atoms with van der Waals surface area (Å²) in [4.78, 5) is 6.89. The Kier molecular flexibility index (Phi) is 8.98. The van der Waals surface area contributed by atoms with Crippen LogP contribution in [0.2, 0.25) is 0 Å². The summed E-state index contributed by atoms with van der Waals surface area (Å²) in [6.45, 7) is 9.57. The summed E-state index contributed by atoms with van der Waals surface area (Å²) in [5.74, 6) is 1.63. The van der Waals surface area contributed by atoms with E-state index in [9.17, 15) is 0 Å². The first-order valence-electron chi connectivity index (χ1n) is 8.13. The number of likely N-dealkylation sites (N-methyl/N-ethyl adjacent to an activating group) is 1. The molecule has 8 heteroatoms. The van der Waals surface area contributed by atoms with Gasteiger partial charge < -0.3 is 15.5 Å². The molecule has 0 bridgehead atoms. The molecule has 134 valence electrons. The predicted octanol–water partition coefficient (Wildman–Crippen LogP) is 1.74. The van der Waals surface area contributed by atoms with Crippen molar-refractivity contribution in [3.63, 3.8) is 0 Å². The molecule has 2 aromatic rings. The van der Waals surface area contributed by atoms with Crippen molar-refractivity contribution in [1.82, 2.24) is 30.1 Å². The molecule has 0 saturated heterocycles. The van der Waals surface area contributed by atoms with Crippen LogP contribution in [-0.2, 0) is 6.54 Å². The average molecular weight is 445 g/mol. The zero-order valence-corrected chi connectivity index (χ0v) is 17.2. The molecular weight excluding hydrogens is 417 g/mol. The number of rotatable bonds is 7. The topological polar surface area (TPSA) is 69.8 Å². The molecule has 0 aliphatic heterocycles. The number of aromatic nitrogens is 3. The van der Waals surface area contributed by atoms with Gasteiger partial charge in [0.25, 0.3) is 0 Å². The molecule has 0 spiro atoms.